The van der Waals surface area contributed by atoms with Crippen LogP contribution in [-0.2, 0) is 0 Å². The second-order valence-corrected chi connectivity index (χ2v) is 13.2. The van der Waals surface area contributed by atoms with Crippen molar-refractivity contribution in [2.45, 2.75) is 0 Å². The SMILES string of the molecule is Brc1ccc(-c2cccc(-c3ccc(Br)cc3)c2)cc1.Ic1cccc(I)c1.OB(O)c1ccc(Br)cc1. The van der Waals surface area contributed by atoms with Gasteiger partial charge in [-0.2, -0.15) is 0 Å². The van der Waals surface area contributed by atoms with Gasteiger partial charge in [0.1, 0.15) is 0 Å². The summed E-state index contributed by atoms with van der Waals surface area (Å²) in [4.78, 5) is 0. The molecule has 0 atom stereocenters. The van der Waals surface area contributed by atoms with Crippen LogP contribution in [-0.4, -0.2) is 17.2 Å². The van der Waals surface area contributed by atoms with Gasteiger partial charge in [0.15, 0.2) is 0 Å². The maximum Gasteiger partial charge on any atom is 0.488 e. The van der Waals surface area contributed by atoms with Crippen LogP contribution in [0, 0.1) is 7.14 Å². The van der Waals surface area contributed by atoms with E-state index in [1.165, 1.54) is 29.4 Å². The van der Waals surface area contributed by atoms with E-state index >= 15 is 0 Å². The molecular weight excluding hydrogens is 897 g/mol. The van der Waals surface area contributed by atoms with E-state index in [2.05, 4.69) is 190 Å². The van der Waals surface area contributed by atoms with E-state index in [0.717, 1.165) is 13.4 Å². The Morgan fingerprint density at radius 3 is 1.16 bits per heavy atom. The summed E-state index contributed by atoms with van der Waals surface area (Å²) in [5.41, 5.74) is 5.43. The van der Waals surface area contributed by atoms with Crippen molar-refractivity contribution in [2.75, 3.05) is 0 Å². The molecular formula is C30H22BBr3I2O2. The Balaban J connectivity index is 0.000000185. The van der Waals surface area contributed by atoms with E-state index in [4.69, 9.17) is 10.0 Å². The van der Waals surface area contributed by atoms with Crippen molar-refractivity contribution in [3.05, 3.63) is 142 Å². The Labute approximate surface area is 276 Å². The van der Waals surface area contributed by atoms with Crippen molar-refractivity contribution in [3.63, 3.8) is 0 Å². The minimum atomic E-state index is -1.37. The Hall–Kier alpha value is -1.02. The van der Waals surface area contributed by atoms with Crippen LogP contribution >= 0.6 is 93.0 Å². The molecule has 0 heterocycles. The van der Waals surface area contributed by atoms with Crippen LogP contribution in [0.3, 0.4) is 0 Å². The van der Waals surface area contributed by atoms with E-state index < -0.39 is 7.12 Å². The molecule has 2 nitrogen and oxygen atoms in total. The summed E-state index contributed by atoms with van der Waals surface area (Å²) < 4.78 is 5.73. The van der Waals surface area contributed by atoms with Crippen LogP contribution < -0.4 is 5.46 Å². The molecule has 0 fully saturated rings. The standard InChI is InChI=1S/C18H12Br2.C6H6BBrO2.C6H4I2/c19-17-8-4-13(5-9-17)15-2-1-3-16(12-15)14-6-10-18(20)11-7-14;8-6-3-1-5(2-4-6)7(9)10;7-5-2-1-3-6(8)4-5/h1-12H;1-4,9-10H;1-4H. The molecule has 192 valence electrons. The summed E-state index contributed by atoms with van der Waals surface area (Å²) in [6.45, 7) is 0. The largest absolute Gasteiger partial charge is 0.488 e. The van der Waals surface area contributed by atoms with E-state index in [1.807, 2.05) is 0 Å². The Morgan fingerprint density at radius 2 is 0.816 bits per heavy atom. The van der Waals surface area contributed by atoms with Crippen LogP contribution in [0.15, 0.2) is 135 Å². The van der Waals surface area contributed by atoms with Crippen molar-refractivity contribution in [2.24, 2.45) is 0 Å². The lowest BCUT2D eigenvalue weighted by atomic mass is 9.81. The number of hydrogen-bond acceptors (Lipinski definition) is 2. The molecule has 0 saturated heterocycles. The minimum Gasteiger partial charge on any atom is -0.423 e. The predicted octanol–water partition coefficient (Wildman–Crippen LogP) is 9.57. The third kappa shape index (κ3) is 10.9. The first-order chi connectivity index (χ1) is 18.2. The average molecular weight is 919 g/mol. The zero-order valence-corrected chi connectivity index (χ0v) is 29.0. The van der Waals surface area contributed by atoms with Crippen molar-refractivity contribution in [3.8, 4) is 22.3 Å². The first kappa shape index (κ1) is 31.5. The monoisotopic (exact) mass is 916 g/mol. The van der Waals surface area contributed by atoms with Gasteiger partial charge in [0.25, 0.3) is 0 Å². The summed E-state index contributed by atoms with van der Waals surface area (Å²) in [5.74, 6) is 0. The second-order valence-electron chi connectivity index (χ2n) is 7.96. The van der Waals surface area contributed by atoms with Gasteiger partial charge in [0.05, 0.1) is 0 Å². The fourth-order valence-electron chi connectivity index (χ4n) is 3.26. The van der Waals surface area contributed by atoms with Crippen LogP contribution in [0.5, 0.6) is 0 Å². The van der Waals surface area contributed by atoms with Crippen molar-refractivity contribution >= 4 is 106 Å². The van der Waals surface area contributed by atoms with Crippen LogP contribution in [0.4, 0.5) is 0 Å². The van der Waals surface area contributed by atoms with E-state index in [1.54, 1.807) is 24.3 Å². The van der Waals surface area contributed by atoms with Gasteiger partial charge in [-0.05, 0) is 134 Å². The highest BCUT2D eigenvalue weighted by molar-refractivity contribution is 14.1. The third-order valence-electron chi connectivity index (χ3n) is 5.17. The van der Waals surface area contributed by atoms with Gasteiger partial charge in [-0.15, -0.1) is 0 Å². The van der Waals surface area contributed by atoms with E-state index in [0.29, 0.717) is 5.46 Å². The molecule has 0 aliphatic rings. The molecule has 5 aromatic carbocycles. The van der Waals surface area contributed by atoms with Crippen LogP contribution in [0.2, 0.25) is 0 Å². The van der Waals surface area contributed by atoms with E-state index in [9.17, 15) is 0 Å². The topological polar surface area (TPSA) is 40.5 Å². The van der Waals surface area contributed by atoms with Gasteiger partial charge < -0.3 is 10.0 Å². The van der Waals surface area contributed by atoms with Crippen LogP contribution in [0.1, 0.15) is 0 Å². The number of benzene rings is 5. The first-order valence-corrected chi connectivity index (χ1v) is 15.9. The van der Waals surface area contributed by atoms with Gasteiger partial charge in [-0.3, -0.25) is 0 Å². The highest BCUT2D eigenvalue weighted by Crippen LogP contribution is 2.28. The molecule has 2 N–H and O–H groups in total. The molecule has 5 rings (SSSR count). The maximum atomic E-state index is 8.65. The summed E-state index contributed by atoms with van der Waals surface area (Å²) in [7, 11) is -1.37. The predicted molar refractivity (Wildman–Crippen MR) is 189 cm³/mol. The maximum absolute atomic E-state index is 8.65. The second kappa shape index (κ2) is 16.3. The molecule has 0 unspecified atom stereocenters. The summed E-state index contributed by atoms with van der Waals surface area (Å²) in [5, 5.41) is 17.3. The van der Waals surface area contributed by atoms with Gasteiger partial charge in [-0.1, -0.05) is 108 Å². The molecule has 38 heavy (non-hydrogen) atoms. The smallest absolute Gasteiger partial charge is 0.423 e. The molecule has 8 heteroatoms. The van der Waals surface area contributed by atoms with Crippen LogP contribution in [0.25, 0.3) is 22.3 Å². The average Bonchev–Trinajstić information content (AvgIpc) is 2.90. The molecule has 0 bridgehead atoms. The number of rotatable bonds is 3. The fourth-order valence-corrected chi connectivity index (χ4v) is 5.73. The number of hydrogen-bond donors (Lipinski definition) is 2. The summed E-state index contributed by atoms with van der Waals surface area (Å²) >= 11 is 14.8. The minimum absolute atomic E-state index is 0.503. The Morgan fingerprint density at radius 1 is 0.447 bits per heavy atom. The lowest BCUT2D eigenvalue weighted by Crippen LogP contribution is -2.29. The molecule has 0 aliphatic heterocycles. The Kier molecular flexibility index (Phi) is 13.5. The Bertz CT molecular complexity index is 1350. The third-order valence-corrected chi connectivity index (χ3v) is 8.10. The molecule has 0 amide bonds. The number of halogens is 5. The van der Waals surface area contributed by atoms with Gasteiger partial charge in [-0.25, -0.2) is 0 Å². The van der Waals surface area contributed by atoms with Crippen molar-refractivity contribution in [1.82, 2.24) is 0 Å². The fraction of sp³-hybridized carbons (Fsp3) is 0. The molecule has 0 aliphatic carbocycles. The molecule has 5 aromatic rings. The van der Waals surface area contributed by atoms with Gasteiger partial charge >= 0.3 is 7.12 Å². The normalized spacial score (nSPS) is 9.97. The lowest BCUT2D eigenvalue weighted by molar-refractivity contribution is 0.426. The van der Waals surface area contributed by atoms with Gasteiger partial charge in [0.2, 0.25) is 0 Å². The first-order valence-electron chi connectivity index (χ1n) is 11.4. The van der Waals surface area contributed by atoms with Gasteiger partial charge in [0, 0.05) is 20.6 Å². The molecule has 0 radical (unpaired) electrons. The summed E-state index contributed by atoms with van der Waals surface area (Å²) in [6, 6.07) is 40.6. The molecule has 0 saturated carbocycles. The zero-order chi connectivity index (χ0) is 27.5. The van der Waals surface area contributed by atoms with E-state index in [-0.39, 0.29) is 0 Å². The quantitative estimate of drug-likeness (QED) is 0.140. The molecule has 0 spiro atoms. The van der Waals surface area contributed by atoms with Crippen molar-refractivity contribution in [1.29, 1.82) is 0 Å². The summed E-state index contributed by atoms with van der Waals surface area (Å²) in [6.07, 6.45) is 0. The molecule has 0 aromatic heterocycles. The highest BCUT2D eigenvalue weighted by Gasteiger charge is 2.08. The lowest BCUT2D eigenvalue weighted by Gasteiger charge is -2.06. The zero-order valence-electron chi connectivity index (χ0n) is 19.9. The highest BCUT2D eigenvalue weighted by atomic mass is 127. The van der Waals surface area contributed by atoms with Crippen molar-refractivity contribution < 1.29 is 10.0 Å².